The molecule has 1 fully saturated rings. The molecular weight excluding hydrogens is 219 g/mol. The van der Waals surface area contributed by atoms with E-state index in [1.54, 1.807) is 0 Å². The Hall–Kier alpha value is -0.290. The van der Waals surface area contributed by atoms with Crippen LogP contribution in [0.15, 0.2) is 0 Å². The first kappa shape index (κ1) is 13.8. The minimum absolute atomic E-state index is 0.227. The monoisotopic (exact) mass is 239 g/mol. The quantitative estimate of drug-likeness (QED) is 0.814. The van der Waals surface area contributed by atoms with Gasteiger partial charge in [-0.1, -0.05) is 20.8 Å². The zero-order valence-electron chi connectivity index (χ0n) is 10.2. The van der Waals surface area contributed by atoms with Crippen molar-refractivity contribution >= 4 is 0 Å². The summed E-state index contributed by atoms with van der Waals surface area (Å²) in [6, 6.07) is 0.253. The van der Waals surface area contributed by atoms with E-state index in [9.17, 15) is 13.2 Å². The van der Waals surface area contributed by atoms with E-state index in [1.165, 1.54) is 0 Å². The molecule has 0 bridgehead atoms. The summed E-state index contributed by atoms with van der Waals surface area (Å²) in [5.74, 6) is 0. The topological polar surface area (TPSA) is 21.3 Å². The van der Waals surface area contributed by atoms with E-state index in [-0.39, 0.29) is 17.6 Å². The Morgan fingerprint density at radius 1 is 1.44 bits per heavy atom. The van der Waals surface area contributed by atoms with Crippen LogP contribution in [-0.2, 0) is 4.74 Å². The van der Waals surface area contributed by atoms with E-state index in [4.69, 9.17) is 4.74 Å². The van der Waals surface area contributed by atoms with Gasteiger partial charge in [0.05, 0.1) is 6.10 Å². The number of nitrogens with one attached hydrogen (secondary N) is 1. The first-order valence-electron chi connectivity index (χ1n) is 5.65. The molecule has 0 aromatic heterocycles. The van der Waals surface area contributed by atoms with E-state index in [1.807, 2.05) is 20.8 Å². The molecule has 3 unspecified atom stereocenters. The summed E-state index contributed by atoms with van der Waals surface area (Å²) < 4.78 is 42.1. The minimum atomic E-state index is -4.26. The van der Waals surface area contributed by atoms with Crippen LogP contribution in [0, 0.1) is 5.41 Å². The number of rotatable bonds is 4. The molecule has 0 heterocycles. The van der Waals surface area contributed by atoms with Gasteiger partial charge >= 0.3 is 6.18 Å². The third kappa shape index (κ3) is 2.69. The summed E-state index contributed by atoms with van der Waals surface area (Å²) in [7, 11) is 0. The largest absolute Gasteiger partial charge is 0.414 e. The number of halogens is 3. The summed E-state index contributed by atoms with van der Waals surface area (Å²) in [5, 5.41) is 3.25. The maximum Gasteiger partial charge on any atom is 0.414 e. The van der Waals surface area contributed by atoms with Gasteiger partial charge in [0, 0.05) is 11.5 Å². The van der Waals surface area contributed by atoms with E-state index in [0.717, 1.165) is 13.5 Å². The first-order chi connectivity index (χ1) is 7.19. The molecule has 0 saturated heterocycles. The van der Waals surface area contributed by atoms with Gasteiger partial charge in [-0.3, -0.25) is 0 Å². The summed E-state index contributed by atoms with van der Waals surface area (Å²) in [5.41, 5.74) is -0.227. The lowest BCUT2D eigenvalue weighted by molar-refractivity contribution is -0.255. The second-order valence-electron chi connectivity index (χ2n) is 4.98. The smallest absolute Gasteiger partial charge is 0.365 e. The Labute approximate surface area is 94.5 Å². The van der Waals surface area contributed by atoms with Gasteiger partial charge in [0.1, 0.15) is 0 Å². The Bertz CT molecular complexity index is 240. The molecule has 1 rings (SSSR count). The van der Waals surface area contributed by atoms with Crippen LogP contribution < -0.4 is 5.32 Å². The van der Waals surface area contributed by atoms with Crippen molar-refractivity contribution in [3.05, 3.63) is 0 Å². The maximum atomic E-state index is 12.3. The van der Waals surface area contributed by atoms with Crippen LogP contribution >= 0.6 is 0 Å². The number of hydrogen-bond acceptors (Lipinski definition) is 2. The molecule has 96 valence electrons. The van der Waals surface area contributed by atoms with Crippen LogP contribution in [0.1, 0.15) is 34.1 Å². The van der Waals surface area contributed by atoms with Gasteiger partial charge < -0.3 is 10.1 Å². The Morgan fingerprint density at radius 3 is 2.38 bits per heavy atom. The lowest BCUT2D eigenvalue weighted by Crippen LogP contribution is -2.62. The molecule has 2 nitrogen and oxygen atoms in total. The van der Waals surface area contributed by atoms with Gasteiger partial charge in [0.2, 0.25) is 0 Å². The van der Waals surface area contributed by atoms with Crippen molar-refractivity contribution in [2.24, 2.45) is 5.41 Å². The highest BCUT2D eigenvalue weighted by molar-refractivity contribution is 5.03. The summed E-state index contributed by atoms with van der Waals surface area (Å²) in [6.07, 6.45) is -5.60. The standard InChI is InChI=1S/C11H20F3NO/c1-5-15-8-6-9(10(8,3)4)16-7(2)11(12,13)14/h7-9,15H,5-6H2,1-4H3. The second kappa shape index (κ2) is 4.53. The maximum absolute atomic E-state index is 12.3. The molecule has 3 atom stereocenters. The van der Waals surface area contributed by atoms with Crippen molar-refractivity contribution in [2.75, 3.05) is 6.54 Å². The predicted octanol–water partition coefficient (Wildman–Crippen LogP) is 2.73. The van der Waals surface area contributed by atoms with Gasteiger partial charge in [-0.05, 0) is 19.9 Å². The number of hydrogen-bond donors (Lipinski definition) is 1. The van der Waals surface area contributed by atoms with Crippen LogP contribution in [0.4, 0.5) is 13.2 Å². The lowest BCUT2D eigenvalue weighted by Gasteiger charge is -2.52. The Kier molecular flexibility index (Phi) is 3.90. The van der Waals surface area contributed by atoms with Gasteiger partial charge in [-0.15, -0.1) is 0 Å². The van der Waals surface area contributed by atoms with Gasteiger partial charge in [0.15, 0.2) is 6.10 Å². The minimum Gasteiger partial charge on any atom is -0.365 e. The molecule has 1 N–H and O–H groups in total. The number of ether oxygens (including phenoxy) is 1. The molecule has 0 aromatic rings. The Morgan fingerprint density at radius 2 is 2.00 bits per heavy atom. The molecule has 1 aliphatic carbocycles. The fourth-order valence-corrected chi connectivity index (χ4v) is 2.03. The zero-order valence-corrected chi connectivity index (χ0v) is 10.2. The highest BCUT2D eigenvalue weighted by Crippen LogP contribution is 2.44. The molecule has 0 aromatic carbocycles. The van der Waals surface area contributed by atoms with E-state index < -0.39 is 12.3 Å². The lowest BCUT2D eigenvalue weighted by atomic mass is 9.64. The zero-order chi connectivity index (χ0) is 12.6. The SMILES string of the molecule is CCNC1CC(OC(C)C(F)(F)F)C1(C)C. The Balaban J connectivity index is 2.48. The van der Waals surface area contributed by atoms with Gasteiger partial charge in [-0.25, -0.2) is 0 Å². The molecule has 0 spiro atoms. The average Bonchev–Trinajstić information content (AvgIpc) is 2.14. The molecule has 1 saturated carbocycles. The van der Waals surface area contributed by atoms with Crippen molar-refractivity contribution in [3.8, 4) is 0 Å². The highest BCUT2D eigenvalue weighted by atomic mass is 19.4. The average molecular weight is 239 g/mol. The van der Waals surface area contributed by atoms with Crippen molar-refractivity contribution < 1.29 is 17.9 Å². The fourth-order valence-electron chi connectivity index (χ4n) is 2.03. The van der Waals surface area contributed by atoms with Crippen molar-refractivity contribution in [1.82, 2.24) is 5.32 Å². The van der Waals surface area contributed by atoms with Crippen LogP contribution in [0.2, 0.25) is 0 Å². The summed E-state index contributed by atoms with van der Waals surface area (Å²) in [4.78, 5) is 0. The summed E-state index contributed by atoms with van der Waals surface area (Å²) in [6.45, 7) is 7.77. The van der Waals surface area contributed by atoms with Crippen LogP contribution in [0.5, 0.6) is 0 Å². The number of alkyl halides is 3. The molecule has 0 aliphatic heterocycles. The molecule has 16 heavy (non-hydrogen) atoms. The third-order valence-corrected chi connectivity index (χ3v) is 3.46. The molecular formula is C11H20F3NO. The summed E-state index contributed by atoms with van der Waals surface area (Å²) >= 11 is 0. The van der Waals surface area contributed by atoms with Crippen LogP contribution in [-0.4, -0.2) is 31.0 Å². The van der Waals surface area contributed by atoms with Gasteiger partial charge in [0.25, 0.3) is 0 Å². The van der Waals surface area contributed by atoms with Gasteiger partial charge in [-0.2, -0.15) is 13.2 Å². The second-order valence-corrected chi connectivity index (χ2v) is 4.98. The molecule has 0 radical (unpaired) electrons. The molecule has 0 amide bonds. The molecule has 1 aliphatic rings. The fraction of sp³-hybridized carbons (Fsp3) is 1.00. The highest BCUT2D eigenvalue weighted by Gasteiger charge is 2.51. The molecule has 5 heteroatoms. The van der Waals surface area contributed by atoms with E-state index in [2.05, 4.69) is 5.32 Å². The van der Waals surface area contributed by atoms with Crippen molar-refractivity contribution in [2.45, 2.75) is 58.5 Å². The van der Waals surface area contributed by atoms with Crippen LogP contribution in [0.3, 0.4) is 0 Å². The van der Waals surface area contributed by atoms with Crippen LogP contribution in [0.25, 0.3) is 0 Å². The third-order valence-electron chi connectivity index (χ3n) is 3.46. The van der Waals surface area contributed by atoms with E-state index in [0.29, 0.717) is 6.42 Å². The normalized spacial score (nSPS) is 30.9. The van der Waals surface area contributed by atoms with Crippen molar-refractivity contribution in [3.63, 3.8) is 0 Å². The van der Waals surface area contributed by atoms with Crippen molar-refractivity contribution in [1.29, 1.82) is 0 Å². The van der Waals surface area contributed by atoms with E-state index >= 15 is 0 Å². The predicted molar refractivity (Wildman–Crippen MR) is 56.3 cm³/mol. The first-order valence-corrected chi connectivity index (χ1v) is 5.65.